The summed E-state index contributed by atoms with van der Waals surface area (Å²) in [5, 5.41) is 8.53. The predicted molar refractivity (Wildman–Crippen MR) is 54.4 cm³/mol. The average Bonchev–Trinajstić information content (AvgIpc) is 2.15. The summed E-state index contributed by atoms with van der Waals surface area (Å²) in [6, 6.07) is 1.81. The molecule has 0 bridgehead atoms. The van der Waals surface area contributed by atoms with Gasteiger partial charge in [0, 0.05) is 22.7 Å². The minimum absolute atomic E-state index is 0.0779. The van der Waals surface area contributed by atoms with Crippen LogP contribution in [0.1, 0.15) is 12.0 Å². The van der Waals surface area contributed by atoms with Crippen molar-refractivity contribution in [1.29, 1.82) is 0 Å². The Bertz CT molecular complexity index is 341. The summed E-state index contributed by atoms with van der Waals surface area (Å²) in [5.74, 6) is -0.346. The van der Waals surface area contributed by atoms with Gasteiger partial charge in [-0.3, -0.25) is 4.79 Å². The summed E-state index contributed by atoms with van der Waals surface area (Å²) in [7, 11) is 1.51. The van der Waals surface area contributed by atoms with E-state index in [9.17, 15) is 4.79 Å². The van der Waals surface area contributed by atoms with E-state index in [2.05, 4.69) is 20.9 Å². The SMILES string of the molecule is COc1ncc(Br)cc1CCC(=O)O. The van der Waals surface area contributed by atoms with E-state index < -0.39 is 5.97 Å². The van der Waals surface area contributed by atoms with Crippen molar-refractivity contribution in [2.75, 3.05) is 7.11 Å². The summed E-state index contributed by atoms with van der Waals surface area (Å²) in [4.78, 5) is 14.4. The second-order valence-corrected chi connectivity index (χ2v) is 3.63. The first-order valence-electron chi connectivity index (χ1n) is 4.03. The third-order valence-electron chi connectivity index (χ3n) is 1.69. The fraction of sp³-hybridized carbons (Fsp3) is 0.333. The minimum atomic E-state index is -0.827. The van der Waals surface area contributed by atoms with Gasteiger partial charge < -0.3 is 9.84 Å². The number of aromatic nitrogens is 1. The molecule has 1 aromatic heterocycles. The van der Waals surface area contributed by atoms with Crippen molar-refractivity contribution in [2.45, 2.75) is 12.8 Å². The highest BCUT2D eigenvalue weighted by atomic mass is 79.9. The van der Waals surface area contributed by atoms with Crippen LogP contribution in [0.5, 0.6) is 5.88 Å². The number of pyridine rings is 1. The van der Waals surface area contributed by atoms with Gasteiger partial charge >= 0.3 is 5.97 Å². The molecule has 0 amide bonds. The van der Waals surface area contributed by atoms with Crippen LogP contribution in [0.2, 0.25) is 0 Å². The molecule has 0 aromatic carbocycles. The fourth-order valence-corrected chi connectivity index (χ4v) is 1.45. The topological polar surface area (TPSA) is 59.4 Å². The number of aryl methyl sites for hydroxylation is 1. The van der Waals surface area contributed by atoms with Crippen LogP contribution in [-0.4, -0.2) is 23.2 Å². The van der Waals surface area contributed by atoms with Gasteiger partial charge in [0.25, 0.3) is 0 Å². The summed E-state index contributed by atoms with van der Waals surface area (Å²) in [6.07, 6.45) is 2.11. The lowest BCUT2D eigenvalue weighted by Crippen LogP contribution is -2.00. The standard InChI is InChI=1S/C9H10BrNO3/c1-14-9-6(2-3-8(12)13)4-7(10)5-11-9/h4-5H,2-3H2,1H3,(H,12,13). The number of hydrogen-bond acceptors (Lipinski definition) is 3. The number of hydrogen-bond donors (Lipinski definition) is 1. The third-order valence-corrected chi connectivity index (χ3v) is 2.13. The van der Waals surface area contributed by atoms with Crippen molar-refractivity contribution in [3.8, 4) is 5.88 Å². The second-order valence-electron chi connectivity index (χ2n) is 2.72. The van der Waals surface area contributed by atoms with Crippen LogP contribution in [0.25, 0.3) is 0 Å². The highest BCUT2D eigenvalue weighted by molar-refractivity contribution is 9.10. The number of halogens is 1. The third kappa shape index (κ3) is 2.99. The Hall–Kier alpha value is -1.10. The molecule has 0 aliphatic carbocycles. The maximum Gasteiger partial charge on any atom is 0.303 e. The van der Waals surface area contributed by atoms with Crippen molar-refractivity contribution in [3.63, 3.8) is 0 Å². The monoisotopic (exact) mass is 259 g/mol. The molecule has 1 aromatic rings. The number of rotatable bonds is 4. The summed E-state index contributed by atoms with van der Waals surface area (Å²) < 4.78 is 5.83. The largest absolute Gasteiger partial charge is 0.481 e. The molecule has 0 spiro atoms. The Balaban J connectivity index is 2.82. The molecule has 76 valence electrons. The molecule has 1 N–H and O–H groups in total. The van der Waals surface area contributed by atoms with Gasteiger partial charge in [-0.15, -0.1) is 0 Å². The quantitative estimate of drug-likeness (QED) is 0.897. The van der Waals surface area contributed by atoms with E-state index in [1.165, 1.54) is 7.11 Å². The molecule has 0 saturated carbocycles. The van der Waals surface area contributed by atoms with Gasteiger partial charge in [-0.05, 0) is 28.4 Å². The van der Waals surface area contributed by atoms with E-state index in [4.69, 9.17) is 9.84 Å². The normalized spacial score (nSPS) is 9.86. The minimum Gasteiger partial charge on any atom is -0.481 e. The van der Waals surface area contributed by atoms with Crippen molar-refractivity contribution in [2.24, 2.45) is 0 Å². The molecule has 0 radical (unpaired) electrons. The molecular weight excluding hydrogens is 250 g/mol. The number of carbonyl (C=O) groups is 1. The van der Waals surface area contributed by atoms with Gasteiger partial charge in [0.15, 0.2) is 0 Å². The first-order chi connectivity index (χ1) is 6.63. The Morgan fingerprint density at radius 2 is 2.43 bits per heavy atom. The average molecular weight is 260 g/mol. The maximum absolute atomic E-state index is 10.4. The molecule has 0 fully saturated rings. The van der Waals surface area contributed by atoms with Crippen molar-refractivity contribution in [3.05, 3.63) is 22.3 Å². The maximum atomic E-state index is 10.4. The number of carboxylic acid groups (broad SMARTS) is 1. The number of carboxylic acids is 1. The van der Waals surface area contributed by atoms with Crippen LogP contribution >= 0.6 is 15.9 Å². The Labute approximate surface area is 90.0 Å². The number of methoxy groups -OCH3 is 1. The Kier molecular flexibility index (Phi) is 3.88. The lowest BCUT2D eigenvalue weighted by molar-refractivity contribution is -0.136. The summed E-state index contributed by atoms with van der Waals surface area (Å²) in [6.45, 7) is 0. The van der Waals surface area contributed by atoms with E-state index in [1.54, 1.807) is 6.20 Å². The predicted octanol–water partition coefficient (Wildman–Crippen LogP) is 1.87. The first-order valence-corrected chi connectivity index (χ1v) is 4.83. The smallest absolute Gasteiger partial charge is 0.303 e. The van der Waals surface area contributed by atoms with E-state index >= 15 is 0 Å². The van der Waals surface area contributed by atoms with Gasteiger partial charge in [0.1, 0.15) is 0 Å². The van der Waals surface area contributed by atoms with Crippen LogP contribution in [-0.2, 0) is 11.2 Å². The van der Waals surface area contributed by atoms with E-state index in [0.717, 1.165) is 10.0 Å². The lowest BCUT2D eigenvalue weighted by Gasteiger charge is -2.05. The van der Waals surface area contributed by atoms with Gasteiger partial charge in [0.2, 0.25) is 5.88 Å². The van der Waals surface area contributed by atoms with Crippen molar-refractivity contribution in [1.82, 2.24) is 4.98 Å². The van der Waals surface area contributed by atoms with E-state index in [0.29, 0.717) is 12.3 Å². The van der Waals surface area contributed by atoms with Crippen LogP contribution in [0.3, 0.4) is 0 Å². The summed E-state index contributed by atoms with van der Waals surface area (Å²) in [5.41, 5.74) is 0.796. The van der Waals surface area contributed by atoms with Crippen LogP contribution in [0.4, 0.5) is 0 Å². The molecule has 1 rings (SSSR count). The molecule has 0 saturated heterocycles. The Morgan fingerprint density at radius 1 is 1.71 bits per heavy atom. The highest BCUT2D eigenvalue weighted by Crippen LogP contribution is 2.20. The number of ether oxygens (including phenoxy) is 1. The van der Waals surface area contributed by atoms with Gasteiger partial charge in [-0.2, -0.15) is 0 Å². The zero-order valence-corrected chi connectivity index (χ0v) is 9.24. The van der Waals surface area contributed by atoms with Crippen LogP contribution in [0.15, 0.2) is 16.7 Å². The number of aliphatic carboxylic acids is 1. The molecule has 0 atom stereocenters. The zero-order valence-electron chi connectivity index (χ0n) is 7.66. The molecule has 4 nitrogen and oxygen atoms in total. The van der Waals surface area contributed by atoms with Gasteiger partial charge in [-0.25, -0.2) is 4.98 Å². The zero-order chi connectivity index (χ0) is 10.6. The van der Waals surface area contributed by atoms with Gasteiger partial charge in [0.05, 0.1) is 7.11 Å². The van der Waals surface area contributed by atoms with Crippen molar-refractivity contribution >= 4 is 21.9 Å². The molecule has 0 aliphatic heterocycles. The van der Waals surface area contributed by atoms with Crippen LogP contribution in [0, 0.1) is 0 Å². The summed E-state index contributed by atoms with van der Waals surface area (Å²) >= 11 is 3.27. The highest BCUT2D eigenvalue weighted by Gasteiger charge is 2.07. The first kappa shape index (κ1) is 11.0. The molecule has 0 aliphatic rings. The van der Waals surface area contributed by atoms with E-state index in [1.807, 2.05) is 6.07 Å². The lowest BCUT2D eigenvalue weighted by atomic mass is 10.1. The molecule has 5 heteroatoms. The molecule has 0 unspecified atom stereocenters. The van der Waals surface area contributed by atoms with Crippen molar-refractivity contribution < 1.29 is 14.6 Å². The Morgan fingerprint density at radius 3 is 3.00 bits per heavy atom. The fourth-order valence-electron chi connectivity index (χ4n) is 1.07. The van der Waals surface area contributed by atoms with Crippen LogP contribution < -0.4 is 4.74 Å². The number of nitrogens with zero attached hydrogens (tertiary/aromatic N) is 1. The molecule has 1 heterocycles. The molecular formula is C9H10BrNO3. The molecule has 14 heavy (non-hydrogen) atoms. The van der Waals surface area contributed by atoms with E-state index in [-0.39, 0.29) is 6.42 Å². The second kappa shape index (κ2) is 4.95. The van der Waals surface area contributed by atoms with Gasteiger partial charge in [-0.1, -0.05) is 0 Å².